The fraction of sp³-hybridized carbons (Fsp3) is 0.348. The first-order chi connectivity index (χ1) is 13.2. The van der Waals surface area contributed by atoms with Crippen molar-refractivity contribution < 1.29 is 14.4 Å². The first-order valence-electron chi connectivity index (χ1n) is 9.55. The van der Waals surface area contributed by atoms with Crippen molar-refractivity contribution >= 4 is 29.0 Å². The predicted molar refractivity (Wildman–Crippen MR) is 113 cm³/mol. The van der Waals surface area contributed by atoms with Gasteiger partial charge < -0.3 is 10.6 Å². The van der Waals surface area contributed by atoms with E-state index in [0.29, 0.717) is 11.3 Å². The summed E-state index contributed by atoms with van der Waals surface area (Å²) in [5.74, 6) is -0.813. The van der Waals surface area contributed by atoms with Crippen molar-refractivity contribution in [2.45, 2.75) is 47.5 Å². The van der Waals surface area contributed by atoms with Gasteiger partial charge in [0, 0.05) is 16.9 Å². The van der Waals surface area contributed by atoms with E-state index >= 15 is 0 Å². The highest BCUT2D eigenvalue weighted by Crippen LogP contribution is 2.27. The summed E-state index contributed by atoms with van der Waals surface area (Å²) < 4.78 is 0. The van der Waals surface area contributed by atoms with Crippen LogP contribution in [0.4, 0.5) is 11.4 Å². The molecule has 0 aliphatic heterocycles. The Morgan fingerprint density at radius 2 is 1.32 bits per heavy atom. The second-order valence-electron chi connectivity index (χ2n) is 7.33. The average Bonchev–Trinajstić information content (AvgIpc) is 2.68. The molecule has 5 heteroatoms. The summed E-state index contributed by atoms with van der Waals surface area (Å²) in [7, 11) is 0. The fourth-order valence-electron chi connectivity index (χ4n) is 2.85. The van der Waals surface area contributed by atoms with Gasteiger partial charge >= 0.3 is 0 Å². The molecule has 5 nitrogen and oxygen atoms in total. The number of rotatable bonds is 7. The maximum absolute atomic E-state index is 12.9. The smallest absolute Gasteiger partial charge is 0.239 e. The van der Waals surface area contributed by atoms with Crippen molar-refractivity contribution in [1.29, 1.82) is 0 Å². The zero-order chi connectivity index (χ0) is 20.9. The number of aryl methyl sites for hydroxylation is 2. The molecule has 0 radical (unpaired) electrons. The van der Waals surface area contributed by atoms with Gasteiger partial charge in [0.1, 0.15) is 5.41 Å². The molecule has 0 unspecified atom stereocenters. The van der Waals surface area contributed by atoms with Gasteiger partial charge in [-0.3, -0.25) is 14.4 Å². The van der Waals surface area contributed by atoms with Gasteiger partial charge in [-0.25, -0.2) is 0 Å². The van der Waals surface area contributed by atoms with Crippen LogP contribution in [0.3, 0.4) is 0 Å². The van der Waals surface area contributed by atoms with Gasteiger partial charge in [-0.1, -0.05) is 32.0 Å². The molecule has 2 amide bonds. The van der Waals surface area contributed by atoms with Crippen molar-refractivity contribution in [2.24, 2.45) is 5.41 Å². The van der Waals surface area contributed by atoms with E-state index in [4.69, 9.17) is 0 Å². The minimum atomic E-state index is -1.27. The van der Waals surface area contributed by atoms with Gasteiger partial charge in [0.05, 0.1) is 0 Å². The lowest BCUT2D eigenvalue weighted by molar-refractivity contribution is -0.135. The van der Waals surface area contributed by atoms with Gasteiger partial charge in [-0.05, 0) is 69.0 Å². The Hall–Kier alpha value is -2.95. The lowest BCUT2D eigenvalue weighted by atomic mass is 9.90. The van der Waals surface area contributed by atoms with E-state index in [1.807, 2.05) is 32.0 Å². The van der Waals surface area contributed by atoms with Crippen LogP contribution in [0, 0.1) is 5.41 Å². The number of ketones is 1. The molecule has 0 fully saturated rings. The van der Waals surface area contributed by atoms with E-state index in [1.54, 1.807) is 38.1 Å². The lowest BCUT2D eigenvalue weighted by Gasteiger charge is -2.24. The number of anilines is 2. The minimum absolute atomic E-state index is 0.0427. The first-order valence-corrected chi connectivity index (χ1v) is 9.55. The molecule has 0 atom stereocenters. The highest BCUT2D eigenvalue weighted by atomic mass is 16.2. The Bertz CT molecular complexity index is 861. The van der Waals surface area contributed by atoms with Crippen LogP contribution in [-0.4, -0.2) is 17.6 Å². The van der Waals surface area contributed by atoms with Crippen molar-refractivity contribution in [3.05, 3.63) is 59.2 Å². The van der Waals surface area contributed by atoms with Crippen LogP contribution in [0.15, 0.2) is 42.5 Å². The Balaban J connectivity index is 2.18. The molecule has 2 aromatic carbocycles. The number of amides is 2. The van der Waals surface area contributed by atoms with Crippen LogP contribution in [-0.2, 0) is 22.4 Å². The number of carbonyl (C=O) groups excluding carboxylic acids is 3. The summed E-state index contributed by atoms with van der Waals surface area (Å²) in [5.41, 5.74) is 2.72. The number of hydrogen-bond acceptors (Lipinski definition) is 3. The standard InChI is InChI=1S/C23H28N2O3/c1-6-16-9-8-10-17(7-2)20(16)25-22(28)23(4,5)21(27)24-19-13-11-18(12-14-19)15(3)26/h8-14H,6-7H2,1-5H3,(H,24,27)(H,25,28). The van der Waals surface area contributed by atoms with Gasteiger partial charge in [0.25, 0.3) is 0 Å². The third-order valence-corrected chi connectivity index (χ3v) is 4.92. The Morgan fingerprint density at radius 3 is 1.79 bits per heavy atom. The molecule has 0 bridgehead atoms. The molecule has 0 aliphatic carbocycles. The van der Waals surface area contributed by atoms with Gasteiger partial charge in [-0.15, -0.1) is 0 Å². The molecule has 2 aromatic rings. The van der Waals surface area contributed by atoms with E-state index in [1.165, 1.54) is 6.92 Å². The highest BCUT2D eigenvalue weighted by Gasteiger charge is 2.36. The molecule has 2 rings (SSSR count). The number of Topliss-reactive ketones (excluding diaryl/α,β-unsaturated/α-hetero) is 1. The Labute approximate surface area is 166 Å². The van der Waals surface area contributed by atoms with E-state index in [-0.39, 0.29) is 11.7 Å². The molecule has 2 N–H and O–H groups in total. The molecule has 0 aromatic heterocycles. The number of para-hydroxylation sites is 1. The second-order valence-corrected chi connectivity index (χ2v) is 7.33. The third-order valence-electron chi connectivity index (χ3n) is 4.92. The summed E-state index contributed by atoms with van der Waals surface area (Å²) in [6, 6.07) is 12.6. The summed E-state index contributed by atoms with van der Waals surface area (Å²) in [4.78, 5) is 37.0. The van der Waals surface area contributed by atoms with Crippen molar-refractivity contribution in [3.63, 3.8) is 0 Å². The van der Waals surface area contributed by atoms with E-state index < -0.39 is 11.3 Å². The van der Waals surface area contributed by atoms with Gasteiger partial charge in [0.15, 0.2) is 5.78 Å². The van der Waals surface area contributed by atoms with Crippen LogP contribution in [0.2, 0.25) is 0 Å². The van der Waals surface area contributed by atoms with Gasteiger partial charge in [-0.2, -0.15) is 0 Å². The van der Waals surface area contributed by atoms with Gasteiger partial charge in [0.2, 0.25) is 11.8 Å². The van der Waals surface area contributed by atoms with Crippen LogP contribution in [0.25, 0.3) is 0 Å². The van der Waals surface area contributed by atoms with Crippen molar-refractivity contribution in [1.82, 2.24) is 0 Å². The maximum Gasteiger partial charge on any atom is 0.239 e. The van der Waals surface area contributed by atoms with Crippen LogP contribution >= 0.6 is 0 Å². The minimum Gasteiger partial charge on any atom is -0.325 e. The molecular weight excluding hydrogens is 352 g/mol. The topological polar surface area (TPSA) is 75.3 Å². The SMILES string of the molecule is CCc1cccc(CC)c1NC(=O)C(C)(C)C(=O)Nc1ccc(C(C)=O)cc1. The normalized spacial score (nSPS) is 11.0. The molecule has 0 aliphatic rings. The Kier molecular flexibility index (Phi) is 6.73. The first kappa shape index (κ1) is 21.4. The number of hydrogen-bond donors (Lipinski definition) is 2. The molecule has 0 heterocycles. The molecule has 28 heavy (non-hydrogen) atoms. The Morgan fingerprint density at radius 1 is 0.821 bits per heavy atom. The molecule has 0 spiro atoms. The summed E-state index contributed by atoms with van der Waals surface area (Å²) >= 11 is 0. The molecule has 0 saturated carbocycles. The number of benzene rings is 2. The quantitative estimate of drug-likeness (QED) is 0.544. The molecule has 0 saturated heterocycles. The summed E-state index contributed by atoms with van der Waals surface area (Å²) in [5, 5.41) is 5.73. The summed E-state index contributed by atoms with van der Waals surface area (Å²) in [6.07, 6.45) is 1.58. The number of carbonyl (C=O) groups is 3. The fourth-order valence-corrected chi connectivity index (χ4v) is 2.85. The van der Waals surface area contributed by atoms with Crippen LogP contribution in [0.1, 0.15) is 56.1 Å². The number of nitrogens with one attached hydrogen (secondary N) is 2. The van der Waals surface area contributed by atoms with Crippen LogP contribution < -0.4 is 10.6 Å². The second kappa shape index (κ2) is 8.83. The highest BCUT2D eigenvalue weighted by molar-refractivity contribution is 6.14. The average molecular weight is 380 g/mol. The summed E-state index contributed by atoms with van der Waals surface area (Å²) in [6.45, 7) is 8.75. The van der Waals surface area contributed by atoms with Crippen molar-refractivity contribution in [3.8, 4) is 0 Å². The van der Waals surface area contributed by atoms with Crippen LogP contribution in [0.5, 0.6) is 0 Å². The van der Waals surface area contributed by atoms with E-state index in [9.17, 15) is 14.4 Å². The molecule has 148 valence electrons. The zero-order valence-electron chi connectivity index (χ0n) is 17.2. The van der Waals surface area contributed by atoms with E-state index in [0.717, 1.165) is 29.7 Å². The molecular formula is C23H28N2O3. The van der Waals surface area contributed by atoms with Crippen molar-refractivity contribution in [2.75, 3.05) is 10.6 Å². The lowest BCUT2D eigenvalue weighted by Crippen LogP contribution is -2.42. The monoisotopic (exact) mass is 380 g/mol. The predicted octanol–water partition coefficient (Wildman–Crippen LogP) is 4.62. The largest absolute Gasteiger partial charge is 0.325 e. The third kappa shape index (κ3) is 4.66. The maximum atomic E-state index is 12.9. The van der Waals surface area contributed by atoms with E-state index in [2.05, 4.69) is 10.6 Å². The zero-order valence-corrected chi connectivity index (χ0v) is 17.2.